The number of carbonyl (C=O) groups excluding carboxylic acids is 1. The van der Waals surface area contributed by atoms with Gasteiger partial charge in [-0.25, -0.2) is 0 Å². The van der Waals surface area contributed by atoms with Crippen LogP contribution in [0.1, 0.15) is 38.5 Å². The topological polar surface area (TPSA) is 43.8 Å². The van der Waals surface area contributed by atoms with E-state index >= 15 is 0 Å². The van der Waals surface area contributed by atoms with Crippen LogP contribution >= 0.6 is 0 Å². The van der Waals surface area contributed by atoms with Crippen LogP contribution in [0.3, 0.4) is 0 Å². The van der Waals surface area contributed by atoms with Crippen molar-refractivity contribution in [2.45, 2.75) is 56.7 Å². The van der Waals surface area contributed by atoms with Gasteiger partial charge < -0.3 is 10.0 Å². The summed E-state index contributed by atoms with van der Waals surface area (Å²) in [7, 11) is 0. The average molecular weight is 264 g/mol. The van der Waals surface area contributed by atoms with Crippen molar-refractivity contribution >= 4 is 5.91 Å². The van der Waals surface area contributed by atoms with Crippen molar-refractivity contribution in [2.24, 2.45) is 11.8 Å². The fourth-order valence-electron chi connectivity index (χ4n) is 5.03. The molecular formula is C15H24N2O2. The Bertz CT molecular complexity index is 386. The Morgan fingerprint density at radius 2 is 1.95 bits per heavy atom. The molecule has 4 saturated heterocycles. The summed E-state index contributed by atoms with van der Waals surface area (Å²) >= 11 is 0. The molecule has 4 fully saturated rings. The lowest BCUT2D eigenvalue weighted by Crippen LogP contribution is -2.66. The summed E-state index contributed by atoms with van der Waals surface area (Å²) in [6.45, 7) is 2.97. The van der Waals surface area contributed by atoms with Gasteiger partial charge in [0.15, 0.2) is 0 Å². The van der Waals surface area contributed by atoms with Gasteiger partial charge in [-0.2, -0.15) is 0 Å². The zero-order valence-corrected chi connectivity index (χ0v) is 11.5. The number of hydrogen-bond acceptors (Lipinski definition) is 3. The molecule has 4 nitrogen and oxygen atoms in total. The van der Waals surface area contributed by atoms with Crippen molar-refractivity contribution in [2.75, 3.05) is 19.6 Å². The van der Waals surface area contributed by atoms with Gasteiger partial charge in [-0.15, -0.1) is 0 Å². The number of piperidine rings is 4. The Morgan fingerprint density at radius 1 is 1.05 bits per heavy atom. The molecule has 4 heteroatoms. The van der Waals surface area contributed by atoms with Crippen molar-refractivity contribution in [3.05, 3.63) is 0 Å². The third kappa shape index (κ3) is 1.83. The van der Waals surface area contributed by atoms with Crippen molar-refractivity contribution < 1.29 is 9.90 Å². The van der Waals surface area contributed by atoms with Gasteiger partial charge in [0, 0.05) is 25.2 Å². The smallest absolute Gasteiger partial charge is 0.227 e. The van der Waals surface area contributed by atoms with Crippen LogP contribution in [-0.2, 0) is 4.79 Å². The largest absolute Gasteiger partial charge is 0.391 e. The molecule has 0 unspecified atom stereocenters. The molecule has 0 aromatic rings. The van der Waals surface area contributed by atoms with Crippen LogP contribution in [0, 0.1) is 11.8 Å². The van der Waals surface area contributed by atoms with E-state index < -0.39 is 0 Å². The number of aliphatic hydroxyl groups excluding tert-OH is 1. The van der Waals surface area contributed by atoms with Crippen LogP contribution < -0.4 is 0 Å². The fraction of sp³-hybridized carbons (Fsp3) is 0.933. The summed E-state index contributed by atoms with van der Waals surface area (Å²) < 4.78 is 0. The van der Waals surface area contributed by atoms with E-state index in [0.717, 1.165) is 19.3 Å². The monoisotopic (exact) mass is 264 g/mol. The van der Waals surface area contributed by atoms with E-state index in [2.05, 4.69) is 4.90 Å². The Balaban J connectivity index is 1.62. The molecule has 0 spiro atoms. The quantitative estimate of drug-likeness (QED) is 0.705. The predicted molar refractivity (Wildman–Crippen MR) is 71.6 cm³/mol. The van der Waals surface area contributed by atoms with E-state index in [0.29, 0.717) is 30.5 Å². The van der Waals surface area contributed by atoms with Gasteiger partial charge in [-0.1, -0.05) is 6.42 Å². The zero-order chi connectivity index (χ0) is 13.0. The minimum absolute atomic E-state index is 0.223. The second-order valence-electron chi connectivity index (χ2n) is 6.95. The number of aliphatic hydroxyl groups is 1. The van der Waals surface area contributed by atoms with Gasteiger partial charge in [0.1, 0.15) is 0 Å². The van der Waals surface area contributed by atoms with Gasteiger partial charge in [-0.05, 0) is 44.6 Å². The molecular weight excluding hydrogens is 240 g/mol. The van der Waals surface area contributed by atoms with Crippen molar-refractivity contribution in [3.8, 4) is 0 Å². The average Bonchev–Trinajstić information content (AvgIpc) is 2.44. The third-order valence-corrected chi connectivity index (χ3v) is 5.90. The lowest BCUT2D eigenvalue weighted by molar-refractivity contribution is -0.163. The van der Waals surface area contributed by atoms with Crippen molar-refractivity contribution in [3.63, 3.8) is 0 Å². The van der Waals surface area contributed by atoms with Crippen LogP contribution in [0.25, 0.3) is 0 Å². The van der Waals surface area contributed by atoms with Crippen LogP contribution in [0.5, 0.6) is 0 Å². The van der Waals surface area contributed by atoms with Crippen LogP contribution in [0.4, 0.5) is 0 Å². The molecule has 4 rings (SSSR count). The highest BCUT2D eigenvalue weighted by Crippen LogP contribution is 2.43. The van der Waals surface area contributed by atoms with Crippen LogP contribution in [0.15, 0.2) is 0 Å². The summed E-state index contributed by atoms with van der Waals surface area (Å²) in [5.41, 5.74) is 0. The number of amides is 1. The van der Waals surface area contributed by atoms with Gasteiger partial charge in [0.2, 0.25) is 5.91 Å². The van der Waals surface area contributed by atoms with E-state index in [1.54, 1.807) is 0 Å². The van der Waals surface area contributed by atoms with Crippen molar-refractivity contribution in [1.82, 2.24) is 9.80 Å². The Labute approximate surface area is 114 Å². The van der Waals surface area contributed by atoms with Gasteiger partial charge >= 0.3 is 0 Å². The van der Waals surface area contributed by atoms with Gasteiger partial charge in [-0.3, -0.25) is 9.69 Å². The maximum atomic E-state index is 12.8. The second-order valence-corrected chi connectivity index (χ2v) is 6.95. The third-order valence-electron chi connectivity index (χ3n) is 5.90. The number of fused-ring (bicyclic) bond motifs is 6. The maximum Gasteiger partial charge on any atom is 0.227 e. The standard InChI is InChI=1S/C15H24N2O2/c18-11-4-5-13-10-7-12(15(19)17(13)9-11)14-3-1-2-6-16(14)8-10/h10-14,18H,1-9H2/t10-,11+,12+,13-,14+/m0/s1. The number of carbonyl (C=O) groups is 1. The first-order valence-electron chi connectivity index (χ1n) is 7.96. The molecule has 1 amide bonds. The van der Waals surface area contributed by atoms with E-state index in [9.17, 15) is 9.90 Å². The Kier molecular flexibility index (Phi) is 2.85. The summed E-state index contributed by atoms with van der Waals surface area (Å²) in [6.07, 6.45) is 6.48. The summed E-state index contributed by atoms with van der Waals surface area (Å²) in [4.78, 5) is 17.4. The number of nitrogens with zero attached hydrogens (tertiary/aromatic N) is 2. The minimum atomic E-state index is -0.290. The molecule has 0 aromatic carbocycles. The highest BCUT2D eigenvalue weighted by atomic mass is 16.3. The lowest BCUT2D eigenvalue weighted by atomic mass is 9.70. The summed E-state index contributed by atoms with van der Waals surface area (Å²) in [5.74, 6) is 1.22. The first-order chi connectivity index (χ1) is 9.24. The molecule has 2 bridgehead atoms. The van der Waals surface area contributed by atoms with E-state index in [4.69, 9.17) is 0 Å². The van der Waals surface area contributed by atoms with Crippen LogP contribution in [-0.4, -0.2) is 58.6 Å². The van der Waals surface area contributed by atoms with Gasteiger partial charge in [0.25, 0.3) is 0 Å². The Morgan fingerprint density at radius 3 is 2.84 bits per heavy atom. The fourth-order valence-corrected chi connectivity index (χ4v) is 5.03. The van der Waals surface area contributed by atoms with E-state index in [1.807, 2.05) is 4.90 Å². The normalized spacial score (nSPS) is 46.7. The molecule has 4 aliphatic rings. The molecule has 0 radical (unpaired) electrons. The molecule has 0 aromatic heterocycles. The van der Waals surface area contributed by atoms with Crippen LogP contribution in [0.2, 0.25) is 0 Å². The Hall–Kier alpha value is -0.610. The summed E-state index contributed by atoms with van der Waals surface area (Å²) in [5, 5.41) is 9.86. The molecule has 0 aliphatic carbocycles. The molecule has 4 heterocycles. The molecule has 106 valence electrons. The number of rotatable bonds is 0. The van der Waals surface area contributed by atoms with E-state index in [-0.39, 0.29) is 12.0 Å². The lowest BCUT2D eigenvalue weighted by Gasteiger charge is -2.56. The predicted octanol–water partition coefficient (Wildman–Crippen LogP) is 0.842. The first-order valence-corrected chi connectivity index (χ1v) is 7.96. The molecule has 0 saturated carbocycles. The van der Waals surface area contributed by atoms with E-state index in [1.165, 1.54) is 32.4 Å². The SMILES string of the molecule is O=C1[C@@H]2C[C@@H](CN3CCCC[C@H]23)[C@@H]2CC[C@@H](O)CN12. The molecule has 5 atom stereocenters. The highest BCUT2D eigenvalue weighted by molar-refractivity contribution is 5.81. The zero-order valence-electron chi connectivity index (χ0n) is 11.5. The molecule has 19 heavy (non-hydrogen) atoms. The van der Waals surface area contributed by atoms with Gasteiger partial charge in [0.05, 0.1) is 12.0 Å². The minimum Gasteiger partial charge on any atom is -0.391 e. The first kappa shape index (κ1) is 12.2. The maximum absolute atomic E-state index is 12.8. The molecule has 1 N–H and O–H groups in total. The second kappa shape index (κ2) is 4.45. The summed E-state index contributed by atoms with van der Waals surface area (Å²) in [6, 6.07) is 0.910. The number of hydrogen-bond donors (Lipinski definition) is 1. The highest BCUT2D eigenvalue weighted by Gasteiger charge is 2.51. The van der Waals surface area contributed by atoms with Crippen molar-refractivity contribution in [1.29, 1.82) is 0 Å². The molecule has 4 aliphatic heterocycles.